The van der Waals surface area contributed by atoms with Crippen molar-refractivity contribution in [1.82, 2.24) is 5.32 Å². The first kappa shape index (κ1) is 13.3. The van der Waals surface area contributed by atoms with Crippen LogP contribution in [0.4, 0.5) is 4.79 Å². The van der Waals surface area contributed by atoms with Crippen molar-refractivity contribution in [3.8, 4) is 0 Å². The Bertz CT molecular complexity index is 266. The van der Waals surface area contributed by atoms with Crippen LogP contribution in [0.5, 0.6) is 0 Å². The van der Waals surface area contributed by atoms with Crippen LogP contribution in [0, 0.1) is 11.3 Å². The summed E-state index contributed by atoms with van der Waals surface area (Å²) in [7, 11) is 0. The van der Waals surface area contributed by atoms with E-state index in [2.05, 4.69) is 26.1 Å². The Morgan fingerprint density at radius 1 is 1.44 bits per heavy atom. The largest absolute Gasteiger partial charge is 0.444 e. The average molecular weight is 227 g/mol. The Labute approximate surface area is 98.9 Å². The number of ether oxygens (including phenoxy) is 1. The SMILES string of the molecule is CC[C@H]1C[C@@H](NC(=O)OC(C)(C)C)C1(C)C. The molecule has 3 heteroatoms. The van der Waals surface area contributed by atoms with Gasteiger partial charge in [0.2, 0.25) is 0 Å². The molecule has 1 saturated carbocycles. The quantitative estimate of drug-likeness (QED) is 0.785. The molecule has 0 unspecified atom stereocenters. The monoisotopic (exact) mass is 227 g/mol. The average Bonchev–Trinajstić information content (AvgIpc) is 2.08. The Kier molecular flexibility index (Phi) is 3.56. The van der Waals surface area contributed by atoms with E-state index >= 15 is 0 Å². The van der Waals surface area contributed by atoms with Gasteiger partial charge in [-0.3, -0.25) is 0 Å². The van der Waals surface area contributed by atoms with Gasteiger partial charge in [-0.2, -0.15) is 0 Å². The highest BCUT2D eigenvalue weighted by atomic mass is 16.6. The Morgan fingerprint density at radius 2 is 2.00 bits per heavy atom. The lowest BCUT2D eigenvalue weighted by Gasteiger charge is -2.52. The van der Waals surface area contributed by atoms with Gasteiger partial charge in [0, 0.05) is 6.04 Å². The van der Waals surface area contributed by atoms with Crippen LogP contribution in [-0.4, -0.2) is 17.7 Å². The molecule has 1 N–H and O–H groups in total. The third-order valence-corrected chi connectivity index (χ3v) is 3.65. The molecule has 0 heterocycles. The van der Waals surface area contributed by atoms with Crippen LogP contribution in [0.2, 0.25) is 0 Å². The zero-order valence-electron chi connectivity index (χ0n) is 11.4. The molecule has 1 amide bonds. The van der Waals surface area contributed by atoms with Gasteiger partial charge in [0.1, 0.15) is 5.60 Å². The zero-order chi connectivity index (χ0) is 12.6. The van der Waals surface area contributed by atoms with E-state index in [0.29, 0.717) is 5.92 Å². The number of carbonyl (C=O) groups excluding carboxylic acids is 1. The summed E-state index contributed by atoms with van der Waals surface area (Å²) < 4.78 is 5.26. The second-order valence-electron chi connectivity index (χ2n) is 6.36. The summed E-state index contributed by atoms with van der Waals surface area (Å²) in [6, 6.07) is 0.257. The number of alkyl carbamates (subject to hydrolysis) is 1. The molecule has 0 aromatic carbocycles. The lowest BCUT2D eigenvalue weighted by Crippen LogP contribution is -2.58. The standard InChI is InChI=1S/C13H25NO2/c1-7-9-8-10(13(9,5)6)14-11(15)16-12(2,3)4/h9-10H,7-8H2,1-6H3,(H,14,15)/t9-,10+/m0/s1. The van der Waals surface area contributed by atoms with Crippen molar-refractivity contribution in [3.05, 3.63) is 0 Å². The molecule has 3 nitrogen and oxygen atoms in total. The Balaban J connectivity index is 2.43. The number of amides is 1. The van der Waals surface area contributed by atoms with Crippen LogP contribution in [0.15, 0.2) is 0 Å². The molecule has 94 valence electrons. The first-order valence-electron chi connectivity index (χ1n) is 6.16. The molecule has 0 bridgehead atoms. The number of carbonyl (C=O) groups is 1. The van der Waals surface area contributed by atoms with Crippen molar-refractivity contribution >= 4 is 6.09 Å². The highest BCUT2D eigenvalue weighted by molar-refractivity contribution is 5.68. The topological polar surface area (TPSA) is 38.3 Å². The van der Waals surface area contributed by atoms with Gasteiger partial charge in [-0.05, 0) is 38.5 Å². The summed E-state index contributed by atoms with van der Waals surface area (Å²) in [6.45, 7) is 12.3. The van der Waals surface area contributed by atoms with Crippen molar-refractivity contribution in [1.29, 1.82) is 0 Å². The third-order valence-electron chi connectivity index (χ3n) is 3.65. The molecular formula is C13H25NO2. The molecule has 16 heavy (non-hydrogen) atoms. The van der Waals surface area contributed by atoms with Crippen LogP contribution in [0.3, 0.4) is 0 Å². The first-order chi connectivity index (χ1) is 7.16. The maximum Gasteiger partial charge on any atom is 0.407 e. The minimum Gasteiger partial charge on any atom is -0.444 e. The Morgan fingerprint density at radius 3 is 2.38 bits per heavy atom. The summed E-state index contributed by atoms with van der Waals surface area (Å²) in [6.07, 6.45) is 1.96. The van der Waals surface area contributed by atoms with E-state index in [1.807, 2.05) is 20.8 Å². The van der Waals surface area contributed by atoms with E-state index < -0.39 is 5.60 Å². The lowest BCUT2D eigenvalue weighted by molar-refractivity contribution is -0.00386. The fourth-order valence-corrected chi connectivity index (χ4v) is 2.40. The fourth-order valence-electron chi connectivity index (χ4n) is 2.40. The number of rotatable bonds is 2. The molecule has 0 saturated heterocycles. The molecule has 0 aromatic rings. The lowest BCUT2D eigenvalue weighted by atomic mass is 9.58. The van der Waals surface area contributed by atoms with Gasteiger partial charge in [-0.15, -0.1) is 0 Å². The molecule has 0 aromatic heterocycles. The van der Waals surface area contributed by atoms with Crippen LogP contribution in [0.25, 0.3) is 0 Å². The number of nitrogens with one attached hydrogen (secondary N) is 1. The van der Waals surface area contributed by atoms with E-state index in [1.165, 1.54) is 6.42 Å². The van der Waals surface area contributed by atoms with E-state index in [-0.39, 0.29) is 17.6 Å². The molecule has 1 fully saturated rings. The van der Waals surface area contributed by atoms with Crippen molar-refractivity contribution in [2.75, 3.05) is 0 Å². The van der Waals surface area contributed by atoms with Crippen LogP contribution in [0.1, 0.15) is 54.4 Å². The molecule has 1 aliphatic rings. The van der Waals surface area contributed by atoms with Gasteiger partial charge < -0.3 is 10.1 Å². The molecule has 0 spiro atoms. The Hall–Kier alpha value is -0.730. The van der Waals surface area contributed by atoms with Gasteiger partial charge in [-0.1, -0.05) is 27.2 Å². The molecule has 0 aliphatic heterocycles. The van der Waals surface area contributed by atoms with Crippen LogP contribution in [-0.2, 0) is 4.74 Å². The summed E-state index contributed by atoms with van der Waals surface area (Å²) in [5, 5.41) is 2.97. The zero-order valence-corrected chi connectivity index (χ0v) is 11.4. The summed E-state index contributed by atoms with van der Waals surface area (Å²) in [5.74, 6) is 0.715. The van der Waals surface area contributed by atoms with Gasteiger partial charge in [0.05, 0.1) is 0 Å². The molecule has 2 atom stereocenters. The minimum atomic E-state index is -0.415. The molecule has 1 rings (SSSR count). The predicted molar refractivity (Wildman–Crippen MR) is 65.3 cm³/mol. The normalized spacial score (nSPS) is 28.1. The predicted octanol–water partition coefficient (Wildman–Crippen LogP) is 3.34. The van der Waals surface area contributed by atoms with Crippen molar-refractivity contribution < 1.29 is 9.53 Å². The molecule has 1 aliphatic carbocycles. The van der Waals surface area contributed by atoms with E-state index in [1.54, 1.807) is 0 Å². The van der Waals surface area contributed by atoms with Crippen LogP contribution < -0.4 is 5.32 Å². The van der Waals surface area contributed by atoms with Gasteiger partial charge in [-0.25, -0.2) is 4.79 Å². The second kappa shape index (κ2) is 4.27. The summed E-state index contributed by atoms with van der Waals surface area (Å²) in [5.41, 5.74) is -0.214. The fraction of sp³-hybridized carbons (Fsp3) is 0.923. The van der Waals surface area contributed by atoms with E-state index in [9.17, 15) is 4.79 Å². The maximum atomic E-state index is 11.6. The number of hydrogen-bond acceptors (Lipinski definition) is 2. The maximum absolute atomic E-state index is 11.6. The molecule has 0 radical (unpaired) electrons. The van der Waals surface area contributed by atoms with E-state index in [0.717, 1.165) is 6.42 Å². The summed E-state index contributed by atoms with van der Waals surface area (Å²) in [4.78, 5) is 11.6. The van der Waals surface area contributed by atoms with Gasteiger partial charge in [0.25, 0.3) is 0 Å². The van der Waals surface area contributed by atoms with E-state index in [4.69, 9.17) is 4.74 Å². The van der Waals surface area contributed by atoms with Crippen molar-refractivity contribution in [2.24, 2.45) is 11.3 Å². The van der Waals surface area contributed by atoms with Gasteiger partial charge in [0.15, 0.2) is 0 Å². The highest BCUT2D eigenvalue weighted by Gasteiger charge is 2.47. The molecular weight excluding hydrogens is 202 g/mol. The van der Waals surface area contributed by atoms with Gasteiger partial charge >= 0.3 is 6.09 Å². The minimum absolute atomic E-state index is 0.200. The first-order valence-corrected chi connectivity index (χ1v) is 6.16. The third kappa shape index (κ3) is 2.89. The number of hydrogen-bond donors (Lipinski definition) is 1. The highest BCUT2D eigenvalue weighted by Crippen LogP contribution is 2.47. The smallest absolute Gasteiger partial charge is 0.407 e. The van der Waals surface area contributed by atoms with Crippen molar-refractivity contribution in [2.45, 2.75) is 66.0 Å². The summed E-state index contributed by atoms with van der Waals surface area (Å²) >= 11 is 0. The van der Waals surface area contributed by atoms with Crippen LogP contribution >= 0.6 is 0 Å². The second-order valence-corrected chi connectivity index (χ2v) is 6.36. The van der Waals surface area contributed by atoms with Crippen molar-refractivity contribution in [3.63, 3.8) is 0 Å².